The van der Waals surface area contributed by atoms with Crippen LogP contribution < -0.4 is 10.6 Å². The maximum atomic E-state index is 12.4. The number of carbonyl (C=O) groups is 5. The van der Waals surface area contributed by atoms with Crippen molar-refractivity contribution in [3.8, 4) is 0 Å². The van der Waals surface area contributed by atoms with E-state index >= 15 is 0 Å². The van der Waals surface area contributed by atoms with Gasteiger partial charge >= 0.3 is 0 Å². The number of Topliss-reactive ketones (excluding diaryl/α,β-unsaturated/α-hetero) is 1. The fourth-order valence-corrected chi connectivity index (χ4v) is 2.85. The third kappa shape index (κ3) is 7.25. The second kappa shape index (κ2) is 11.4. The highest BCUT2D eigenvalue weighted by atomic mass is 16.2. The van der Waals surface area contributed by atoms with Gasteiger partial charge in [-0.1, -0.05) is 27.2 Å². The number of amides is 4. The van der Waals surface area contributed by atoms with E-state index in [0.717, 1.165) is 0 Å². The molecular formula is C20H31N3O5. The Balaban J connectivity index is 2.35. The van der Waals surface area contributed by atoms with Crippen LogP contribution in [-0.2, 0) is 24.0 Å². The lowest BCUT2D eigenvalue weighted by molar-refractivity contribution is -0.137. The minimum atomic E-state index is -0.703. The molecule has 0 radical (unpaired) electrons. The third-order valence-corrected chi connectivity index (χ3v) is 4.64. The second-order valence-electron chi connectivity index (χ2n) is 7.31. The van der Waals surface area contributed by atoms with Gasteiger partial charge in [-0.05, 0) is 25.7 Å². The van der Waals surface area contributed by atoms with Crippen LogP contribution in [0.1, 0.15) is 59.8 Å². The monoisotopic (exact) mass is 393 g/mol. The van der Waals surface area contributed by atoms with Crippen LogP contribution in [-0.4, -0.2) is 52.9 Å². The summed E-state index contributed by atoms with van der Waals surface area (Å²) in [5.41, 5.74) is 0. The minimum absolute atomic E-state index is 0.0626. The molecule has 1 heterocycles. The van der Waals surface area contributed by atoms with Gasteiger partial charge in [-0.15, -0.1) is 0 Å². The molecule has 0 saturated carbocycles. The zero-order chi connectivity index (χ0) is 21.3. The van der Waals surface area contributed by atoms with Crippen molar-refractivity contribution in [2.45, 2.75) is 71.9 Å². The van der Waals surface area contributed by atoms with E-state index < -0.39 is 12.1 Å². The maximum Gasteiger partial charge on any atom is 0.253 e. The van der Waals surface area contributed by atoms with E-state index in [1.165, 1.54) is 17.1 Å². The number of unbranched alkanes of at least 4 members (excludes halogenated alkanes) is 2. The van der Waals surface area contributed by atoms with Gasteiger partial charge in [0.2, 0.25) is 11.8 Å². The molecule has 0 aromatic carbocycles. The first-order chi connectivity index (χ1) is 13.2. The fraction of sp³-hybridized carbons (Fsp3) is 0.650. The van der Waals surface area contributed by atoms with Crippen LogP contribution in [0.3, 0.4) is 0 Å². The molecule has 8 nitrogen and oxygen atoms in total. The molecule has 0 fully saturated rings. The molecule has 0 aromatic rings. The van der Waals surface area contributed by atoms with Crippen LogP contribution in [0.2, 0.25) is 0 Å². The Morgan fingerprint density at radius 3 is 2.11 bits per heavy atom. The highest BCUT2D eigenvalue weighted by Gasteiger charge is 2.26. The third-order valence-electron chi connectivity index (χ3n) is 4.64. The summed E-state index contributed by atoms with van der Waals surface area (Å²) in [5.74, 6) is -1.39. The lowest BCUT2D eigenvalue weighted by atomic mass is 10.0. The molecule has 1 aliphatic rings. The predicted molar refractivity (Wildman–Crippen MR) is 104 cm³/mol. The smallest absolute Gasteiger partial charge is 0.253 e. The molecule has 4 amide bonds. The molecular weight excluding hydrogens is 362 g/mol. The number of imide groups is 1. The molecule has 1 rings (SSSR count). The molecule has 2 N–H and O–H groups in total. The summed E-state index contributed by atoms with van der Waals surface area (Å²) in [6.45, 7) is 7.36. The van der Waals surface area contributed by atoms with Crippen molar-refractivity contribution in [1.82, 2.24) is 15.5 Å². The Kier molecular flexibility index (Phi) is 9.55. The Labute approximate surface area is 166 Å². The van der Waals surface area contributed by atoms with E-state index in [9.17, 15) is 24.0 Å². The van der Waals surface area contributed by atoms with E-state index in [1.807, 2.05) is 13.8 Å². The lowest BCUT2D eigenvalue weighted by Gasteiger charge is -2.23. The average molecular weight is 393 g/mol. The summed E-state index contributed by atoms with van der Waals surface area (Å²) < 4.78 is 0. The summed E-state index contributed by atoms with van der Waals surface area (Å²) >= 11 is 0. The van der Waals surface area contributed by atoms with Crippen molar-refractivity contribution in [3.63, 3.8) is 0 Å². The van der Waals surface area contributed by atoms with E-state index in [1.54, 1.807) is 13.8 Å². The molecule has 0 spiro atoms. The zero-order valence-electron chi connectivity index (χ0n) is 17.1. The van der Waals surface area contributed by atoms with E-state index in [4.69, 9.17) is 0 Å². The number of ketones is 1. The highest BCUT2D eigenvalue weighted by molar-refractivity contribution is 6.12. The van der Waals surface area contributed by atoms with Crippen molar-refractivity contribution in [3.05, 3.63) is 12.2 Å². The highest BCUT2D eigenvalue weighted by Crippen LogP contribution is 2.09. The first-order valence-corrected chi connectivity index (χ1v) is 9.83. The second-order valence-corrected chi connectivity index (χ2v) is 7.31. The molecule has 1 aliphatic heterocycles. The standard InChI is InChI=1S/C20H31N3O5/c1-5-15(24)14(4)21-20(28)19(13(2)3)22-16(25)9-7-6-8-12-23-17(26)10-11-18(23)27/h10-11,13-14,19H,5-9,12H2,1-4H3,(H,21,28)(H,22,25)/t14-,19-/m0/s1. The van der Waals surface area contributed by atoms with E-state index in [2.05, 4.69) is 10.6 Å². The van der Waals surface area contributed by atoms with Gasteiger partial charge in [0, 0.05) is 31.5 Å². The van der Waals surface area contributed by atoms with Crippen molar-refractivity contribution in [1.29, 1.82) is 0 Å². The Hall–Kier alpha value is -2.51. The summed E-state index contributed by atoms with van der Waals surface area (Å²) in [6, 6.07) is -1.29. The largest absolute Gasteiger partial charge is 0.345 e. The topological polar surface area (TPSA) is 113 Å². The number of rotatable bonds is 12. The van der Waals surface area contributed by atoms with Crippen LogP contribution in [0.4, 0.5) is 0 Å². The Morgan fingerprint density at radius 2 is 1.57 bits per heavy atom. The molecule has 8 heteroatoms. The van der Waals surface area contributed by atoms with Crippen molar-refractivity contribution < 1.29 is 24.0 Å². The Bertz CT molecular complexity index is 624. The average Bonchev–Trinajstić information content (AvgIpc) is 2.96. The first kappa shape index (κ1) is 23.5. The number of hydrogen-bond donors (Lipinski definition) is 2. The fourth-order valence-electron chi connectivity index (χ4n) is 2.85. The summed E-state index contributed by atoms with van der Waals surface area (Å²) in [5, 5.41) is 5.39. The first-order valence-electron chi connectivity index (χ1n) is 9.83. The number of hydrogen-bond acceptors (Lipinski definition) is 5. The van der Waals surface area contributed by atoms with Crippen LogP contribution in [0.5, 0.6) is 0 Å². The molecule has 0 aromatic heterocycles. The molecule has 0 aliphatic carbocycles. The molecule has 156 valence electrons. The molecule has 28 heavy (non-hydrogen) atoms. The van der Waals surface area contributed by atoms with Gasteiger partial charge in [0.05, 0.1) is 6.04 Å². The van der Waals surface area contributed by atoms with Gasteiger partial charge in [0.25, 0.3) is 11.8 Å². The number of nitrogens with zero attached hydrogens (tertiary/aromatic N) is 1. The van der Waals surface area contributed by atoms with Crippen molar-refractivity contribution in [2.24, 2.45) is 5.92 Å². The quantitative estimate of drug-likeness (QED) is 0.381. The van der Waals surface area contributed by atoms with Gasteiger partial charge in [0.15, 0.2) is 5.78 Å². The van der Waals surface area contributed by atoms with Crippen LogP contribution >= 0.6 is 0 Å². The van der Waals surface area contributed by atoms with E-state index in [0.29, 0.717) is 32.2 Å². The summed E-state index contributed by atoms with van der Waals surface area (Å²) in [4.78, 5) is 60.3. The molecule has 0 unspecified atom stereocenters. The van der Waals surface area contributed by atoms with Crippen LogP contribution in [0, 0.1) is 5.92 Å². The van der Waals surface area contributed by atoms with Gasteiger partial charge in [-0.2, -0.15) is 0 Å². The Morgan fingerprint density at radius 1 is 0.964 bits per heavy atom. The van der Waals surface area contributed by atoms with Gasteiger partial charge in [-0.25, -0.2) is 0 Å². The van der Waals surface area contributed by atoms with Crippen LogP contribution in [0.25, 0.3) is 0 Å². The van der Waals surface area contributed by atoms with Crippen molar-refractivity contribution >= 4 is 29.4 Å². The molecule has 2 atom stereocenters. The molecule has 0 saturated heterocycles. The van der Waals surface area contributed by atoms with Gasteiger partial charge in [-0.3, -0.25) is 28.9 Å². The number of nitrogens with one attached hydrogen (secondary N) is 2. The van der Waals surface area contributed by atoms with E-state index in [-0.39, 0.29) is 41.8 Å². The van der Waals surface area contributed by atoms with Crippen LogP contribution in [0.15, 0.2) is 12.2 Å². The zero-order valence-corrected chi connectivity index (χ0v) is 17.1. The molecule has 0 bridgehead atoms. The number of carbonyl (C=O) groups excluding carboxylic acids is 5. The summed E-state index contributed by atoms with van der Waals surface area (Å²) in [6.07, 6.45) is 4.99. The van der Waals surface area contributed by atoms with Gasteiger partial charge < -0.3 is 10.6 Å². The van der Waals surface area contributed by atoms with Gasteiger partial charge in [0.1, 0.15) is 6.04 Å². The SMILES string of the molecule is CCC(=O)[C@H](C)NC(=O)[C@@H](NC(=O)CCCCCN1C(=O)C=CC1=O)C(C)C. The normalized spacial score (nSPS) is 15.7. The lowest BCUT2D eigenvalue weighted by Crippen LogP contribution is -2.52. The maximum absolute atomic E-state index is 12.4. The predicted octanol–water partition coefficient (Wildman–Crippen LogP) is 1.10. The van der Waals surface area contributed by atoms with Crippen molar-refractivity contribution in [2.75, 3.05) is 6.54 Å². The summed E-state index contributed by atoms with van der Waals surface area (Å²) in [7, 11) is 0. The minimum Gasteiger partial charge on any atom is -0.345 e.